The molecule has 1 rings (SSSR count). The van der Waals surface area contributed by atoms with Gasteiger partial charge in [0.25, 0.3) is 0 Å². The van der Waals surface area contributed by atoms with Gasteiger partial charge in [0.15, 0.2) is 0 Å². The minimum atomic E-state index is -1.00. The Morgan fingerprint density at radius 3 is 2.56 bits per heavy atom. The van der Waals surface area contributed by atoms with E-state index in [9.17, 15) is 9.59 Å². The highest BCUT2D eigenvalue weighted by Gasteiger charge is 2.25. The number of carbonyl (C=O) groups is 2. The van der Waals surface area contributed by atoms with E-state index in [1.165, 1.54) is 0 Å². The van der Waals surface area contributed by atoms with Gasteiger partial charge in [0, 0.05) is 12.6 Å². The molecule has 1 unspecified atom stereocenters. The molecule has 0 aromatic heterocycles. The first-order chi connectivity index (χ1) is 8.41. The second-order valence-electron chi connectivity index (χ2n) is 5.19. The van der Waals surface area contributed by atoms with Crippen molar-refractivity contribution in [2.24, 2.45) is 5.92 Å². The Labute approximate surface area is 108 Å². The number of carbonyl (C=O) groups excluding carboxylic acids is 1. The highest BCUT2D eigenvalue weighted by molar-refractivity contribution is 5.82. The summed E-state index contributed by atoms with van der Waals surface area (Å²) in [5, 5.41) is 14.2. The number of aliphatic carboxylic acids is 1. The van der Waals surface area contributed by atoms with Crippen LogP contribution >= 0.6 is 0 Å². The van der Waals surface area contributed by atoms with Crippen LogP contribution in [0.15, 0.2) is 0 Å². The van der Waals surface area contributed by atoms with E-state index in [1.807, 2.05) is 7.05 Å². The Balaban J connectivity index is 2.34. The minimum Gasteiger partial charge on any atom is -0.480 e. The summed E-state index contributed by atoms with van der Waals surface area (Å²) < 4.78 is 0. The van der Waals surface area contributed by atoms with Gasteiger partial charge in [0.2, 0.25) is 0 Å². The molecule has 1 aliphatic heterocycles. The van der Waals surface area contributed by atoms with Crippen LogP contribution in [0.2, 0.25) is 0 Å². The van der Waals surface area contributed by atoms with Gasteiger partial charge in [-0.3, -0.25) is 0 Å². The van der Waals surface area contributed by atoms with Crippen molar-refractivity contribution in [3.8, 4) is 0 Å². The van der Waals surface area contributed by atoms with Gasteiger partial charge in [-0.25, -0.2) is 9.59 Å². The predicted octanol–water partition coefficient (Wildman–Crippen LogP) is 0.489. The molecule has 1 heterocycles. The van der Waals surface area contributed by atoms with E-state index < -0.39 is 18.0 Å². The van der Waals surface area contributed by atoms with E-state index in [0.717, 1.165) is 19.4 Å². The van der Waals surface area contributed by atoms with Gasteiger partial charge in [-0.15, -0.1) is 0 Å². The molecule has 1 saturated heterocycles. The van der Waals surface area contributed by atoms with Gasteiger partial charge in [-0.1, -0.05) is 13.8 Å². The third-order valence-corrected chi connectivity index (χ3v) is 3.39. The zero-order chi connectivity index (χ0) is 13.7. The lowest BCUT2D eigenvalue weighted by Gasteiger charge is -2.22. The fraction of sp³-hybridized carbons (Fsp3) is 0.833. The number of rotatable bonds is 5. The van der Waals surface area contributed by atoms with Crippen LogP contribution < -0.4 is 10.6 Å². The molecule has 0 aromatic carbocycles. The maximum atomic E-state index is 11.6. The number of likely N-dealkylation sites (tertiary alicyclic amines) is 1. The van der Waals surface area contributed by atoms with Crippen molar-refractivity contribution in [3.63, 3.8) is 0 Å². The van der Waals surface area contributed by atoms with Crippen LogP contribution in [0.1, 0.15) is 26.7 Å². The quantitative estimate of drug-likeness (QED) is 0.669. The van der Waals surface area contributed by atoms with E-state index in [2.05, 4.69) is 15.5 Å². The molecule has 2 amide bonds. The van der Waals surface area contributed by atoms with Crippen LogP contribution in [0.3, 0.4) is 0 Å². The van der Waals surface area contributed by atoms with Crippen molar-refractivity contribution in [2.45, 2.75) is 38.8 Å². The van der Waals surface area contributed by atoms with Gasteiger partial charge < -0.3 is 20.6 Å². The fourth-order valence-corrected chi connectivity index (χ4v) is 2.15. The molecule has 0 aromatic rings. The Kier molecular flexibility index (Phi) is 5.40. The van der Waals surface area contributed by atoms with Crippen molar-refractivity contribution in [1.29, 1.82) is 0 Å². The van der Waals surface area contributed by atoms with Crippen molar-refractivity contribution >= 4 is 12.0 Å². The predicted molar refractivity (Wildman–Crippen MR) is 68.4 cm³/mol. The van der Waals surface area contributed by atoms with Crippen LogP contribution in [-0.2, 0) is 4.79 Å². The van der Waals surface area contributed by atoms with E-state index in [-0.39, 0.29) is 5.92 Å². The number of nitrogens with one attached hydrogen (secondary N) is 2. The largest absolute Gasteiger partial charge is 0.480 e. The third kappa shape index (κ3) is 4.18. The zero-order valence-corrected chi connectivity index (χ0v) is 11.3. The van der Waals surface area contributed by atoms with Crippen molar-refractivity contribution < 1.29 is 14.7 Å². The number of nitrogens with zero attached hydrogens (tertiary/aromatic N) is 1. The van der Waals surface area contributed by atoms with Crippen LogP contribution in [-0.4, -0.2) is 54.2 Å². The first-order valence-electron chi connectivity index (χ1n) is 6.39. The van der Waals surface area contributed by atoms with Gasteiger partial charge in [-0.2, -0.15) is 0 Å². The maximum Gasteiger partial charge on any atom is 0.326 e. The molecule has 0 spiro atoms. The van der Waals surface area contributed by atoms with Gasteiger partial charge in [-0.05, 0) is 32.4 Å². The van der Waals surface area contributed by atoms with Gasteiger partial charge in [0.05, 0.1) is 0 Å². The standard InChI is InChI=1S/C12H23N3O3/c1-8(2)10(11(16)17)14-12(18)13-7-9-5-4-6-15(9)3/h8-10H,4-7H2,1-3H3,(H,16,17)(H2,13,14,18)/t9?,10-/m1/s1. The molecule has 18 heavy (non-hydrogen) atoms. The van der Waals surface area contributed by atoms with E-state index >= 15 is 0 Å². The monoisotopic (exact) mass is 257 g/mol. The number of carboxylic acid groups (broad SMARTS) is 1. The summed E-state index contributed by atoms with van der Waals surface area (Å²) in [6.45, 7) is 5.15. The van der Waals surface area contributed by atoms with Gasteiger partial charge >= 0.3 is 12.0 Å². The third-order valence-electron chi connectivity index (χ3n) is 3.39. The number of carboxylic acids is 1. The fourth-order valence-electron chi connectivity index (χ4n) is 2.15. The number of hydrogen-bond acceptors (Lipinski definition) is 3. The van der Waals surface area contributed by atoms with E-state index in [0.29, 0.717) is 12.6 Å². The van der Waals surface area contributed by atoms with Crippen LogP contribution in [0, 0.1) is 5.92 Å². The second kappa shape index (κ2) is 6.58. The number of likely N-dealkylation sites (N-methyl/N-ethyl adjacent to an activating group) is 1. The molecule has 0 radical (unpaired) electrons. The maximum absolute atomic E-state index is 11.6. The molecule has 104 valence electrons. The van der Waals surface area contributed by atoms with E-state index in [1.54, 1.807) is 13.8 Å². The van der Waals surface area contributed by atoms with Crippen molar-refractivity contribution in [3.05, 3.63) is 0 Å². The highest BCUT2D eigenvalue weighted by atomic mass is 16.4. The van der Waals surface area contributed by atoms with Crippen LogP contribution in [0.25, 0.3) is 0 Å². The molecule has 0 bridgehead atoms. The molecule has 2 atom stereocenters. The first-order valence-corrected chi connectivity index (χ1v) is 6.39. The normalized spacial score (nSPS) is 21.9. The number of hydrogen-bond donors (Lipinski definition) is 3. The molecule has 1 fully saturated rings. The Morgan fingerprint density at radius 1 is 1.44 bits per heavy atom. The topological polar surface area (TPSA) is 81.7 Å². The molecule has 1 aliphatic rings. The summed E-state index contributed by atoms with van der Waals surface area (Å²) in [7, 11) is 2.03. The molecular formula is C12H23N3O3. The number of urea groups is 1. The summed E-state index contributed by atoms with van der Waals surface area (Å²) in [6.07, 6.45) is 2.22. The Hall–Kier alpha value is -1.30. The molecule has 3 N–H and O–H groups in total. The lowest BCUT2D eigenvalue weighted by molar-refractivity contribution is -0.140. The summed E-state index contributed by atoms with van der Waals surface area (Å²) in [5.41, 5.74) is 0. The molecule has 0 saturated carbocycles. The highest BCUT2D eigenvalue weighted by Crippen LogP contribution is 2.13. The lowest BCUT2D eigenvalue weighted by atomic mass is 10.1. The van der Waals surface area contributed by atoms with Crippen molar-refractivity contribution in [1.82, 2.24) is 15.5 Å². The van der Waals surface area contributed by atoms with Crippen LogP contribution in [0.5, 0.6) is 0 Å². The van der Waals surface area contributed by atoms with Gasteiger partial charge in [0.1, 0.15) is 6.04 Å². The average Bonchev–Trinajstić information content (AvgIpc) is 2.68. The SMILES string of the molecule is CC(C)[C@@H](NC(=O)NCC1CCCN1C)C(=O)O. The first kappa shape index (κ1) is 14.8. The van der Waals surface area contributed by atoms with Crippen LogP contribution in [0.4, 0.5) is 4.79 Å². The smallest absolute Gasteiger partial charge is 0.326 e. The van der Waals surface area contributed by atoms with E-state index in [4.69, 9.17) is 5.11 Å². The number of amides is 2. The Bertz CT molecular complexity index is 307. The second-order valence-corrected chi connectivity index (χ2v) is 5.19. The molecular weight excluding hydrogens is 234 g/mol. The summed E-state index contributed by atoms with van der Waals surface area (Å²) in [6, 6.07) is -0.888. The summed E-state index contributed by atoms with van der Waals surface area (Å²) in [5.74, 6) is -1.14. The summed E-state index contributed by atoms with van der Waals surface area (Å²) >= 11 is 0. The molecule has 0 aliphatic carbocycles. The average molecular weight is 257 g/mol. The minimum absolute atomic E-state index is 0.137. The zero-order valence-electron chi connectivity index (χ0n) is 11.3. The lowest BCUT2D eigenvalue weighted by Crippen LogP contribution is -2.50. The summed E-state index contributed by atoms with van der Waals surface area (Å²) in [4.78, 5) is 24.8. The molecule has 6 heteroatoms. The molecule has 6 nitrogen and oxygen atoms in total. The van der Waals surface area contributed by atoms with Crippen molar-refractivity contribution in [2.75, 3.05) is 20.1 Å². The Morgan fingerprint density at radius 2 is 2.11 bits per heavy atom.